The highest BCUT2D eigenvalue weighted by Crippen LogP contribution is 2.31. The van der Waals surface area contributed by atoms with Crippen molar-refractivity contribution >= 4 is 17.6 Å². The molecule has 3 nitrogen and oxygen atoms in total. The third-order valence-electron chi connectivity index (χ3n) is 2.33. The van der Waals surface area contributed by atoms with E-state index in [2.05, 4.69) is 23.3 Å². The van der Waals surface area contributed by atoms with Crippen molar-refractivity contribution in [3.05, 3.63) is 36.4 Å². The minimum absolute atomic E-state index is 0.929. The molecule has 0 unspecified atom stereocenters. The fraction of sp³-hybridized carbons (Fsp3) is 0.308. The highest BCUT2D eigenvalue weighted by Gasteiger charge is 2.04. The lowest BCUT2D eigenvalue weighted by Gasteiger charge is -2.05. The van der Waals surface area contributed by atoms with Crippen molar-refractivity contribution in [3.63, 3.8) is 0 Å². The molecule has 0 saturated carbocycles. The van der Waals surface area contributed by atoms with E-state index in [9.17, 15) is 0 Å². The lowest BCUT2D eigenvalue weighted by atomic mass is 10.4. The molecule has 0 aliphatic rings. The monoisotopic (exact) mass is 248 g/mol. The second-order valence-corrected chi connectivity index (χ2v) is 4.86. The Labute approximate surface area is 106 Å². The Bertz CT molecular complexity index is 482. The van der Waals surface area contributed by atoms with Crippen molar-refractivity contribution in [1.29, 1.82) is 0 Å². The molecule has 0 aromatic carbocycles. The molecule has 2 heterocycles. The highest BCUT2D eigenvalue weighted by molar-refractivity contribution is 7.99. The number of aromatic nitrogens is 1. The average Bonchev–Trinajstić information content (AvgIpc) is 2.73. The molecule has 4 heteroatoms. The predicted octanol–water partition coefficient (Wildman–Crippen LogP) is 3.96. The van der Waals surface area contributed by atoms with E-state index in [1.165, 1.54) is 4.90 Å². The summed E-state index contributed by atoms with van der Waals surface area (Å²) in [5.74, 6) is 1.88. The van der Waals surface area contributed by atoms with Crippen LogP contribution in [0.25, 0.3) is 0 Å². The summed E-state index contributed by atoms with van der Waals surface area (Å²) in [4.78, 5) is 6.60. The van der Waals surface area contributed by atoms with Gasteiger partial charge < -0.3 is 9.73 Å². The van der Waals surface area contributed by atoms with Crippen molar-refractivity contribution in [2.75, 3.05) is 11.9 Å². The van der Waals surface area contributed by atoms with E-state index >= 15 is 0 Å². The van der Waals surface area contributed by atoms with E-state index < -0.39 is 0 Å². The molecule has 0 spiro atoms. The quantitative estimate of drug-likeness (QED) is 0.869. The van der Waals surface area contributed by atoms with E-state index in [1.807, 2.05) is 25.3 Å². The number of pyridine rings is 1. The van der Waals surface area contributed by atoms with Crippen molar-refractivity contribution < 1.29 is 4.42 Å². The maximum Gasteiger partial charge on any atom is 0.127 e. The summed E-state index contributed by atoms with van der Waals surface area (Å²) >= 11 is 1.69. The van der Waals surface area contributed by atoms with Crippen LogP contribution in [0.15, 0.2) is 44.9 Å². The molecule has 0 saturated heterocycles. The summed E-state index contributed by atoms with van der Waals surface area (Å²) in [6.07, 6.45) is 4.64. The van der Waals surface area contributed by atoms with Crippen LogP contribution in [0.1, 0.15) is 19.1 Å². The van der Waals surface area contributed by atoms with Gasteiger partial charge in [0.15, 0.2) is 0 Å². The molecule has 0 amide bonds. The predicted molar refractivity (Wildman–Crippen MR) is 70.6 cm³/mol. The molecular weight excluding hydrogens is 232 g/mol. The van der Waals surface area contributed by atoms with Crippen LogP contribution in [-0.4, -0.2) is 11.5 Å². The molecule has 17 heavy (non-hydrogen) atoms. The second kappa shape index (κ2) is 5.77. The first-order valence-corrected chi connectivity index (χ1v) is 6.53. The molecule has 0 atom stereocenters. The van der Waals surface area contributed by atoms with E-state index in [0.717, 1.165) is 29.4 Å². The van der Waals surface area contributed by atoms with Crippen LogP contribution in [0, 0.1) is 6.92 Å². The zero-order valence-electron chi connectivity index (χ0n) is 10.1. The Kier molecular flexibility index (Phi) is 4.09. The van der Waals surface area contributed by atoms with E-state index in [1.54, 1.807) is 18.0 Å². The van der Waals surface area contributed by atoms with Gasteiger partial charge in [-0.1, -0.05) is 18.7 Å². The zero-order valence-corrected chi connectivity index (χ0v) is 10.9. The van der Waals surface area contributed by atoms with Gasteiger partial charge in [0.05, 0.1) is 11.2 Å². The molecule has 2 rings (SSSR count). The standard InChI is InChI=1S/C13H16N2OS/c1-3-6-14-13-9-11(4-7-15-13)17-12-5-8-16-10(12)2/h4-5,7-9H,3,6H2,1-2H3,(H,14,15). The third-order valence-corrected chi connectivity index (χ3v) is 3.46. The molecule has 2 aromatic rings. The summed E-state index contributed by atoms with van der Waals surface area (Å²) in [5, 5.41) is 3.28. The number of aryl methyl sites for hydroxylation is 1. The first-order chi connectivity index (χ1) is 8.29. The molecular formula is C13H16N2OS. The van der Waals surface area contributed by atoms with Gasteiger partial charge in [-0.05, 0) is 31.5 Å². The van der Waals surface area contributed by atoms with Crippen molar-refractivity contribution in [1.82, 2.24) is 4.98 Å². The number of hydrogen-bond acceptors (Lipinski definition) is 4. The fourth-order valence-corrected chi connectivity index (χ4v) is 2.30. The number of nitrogens with one attached hydrogen (secondary N) is 1. The minimum Gasteiger partial charge on any atom is -0.468 e. The molecule has 0 aliphatic heterocycles. The van der Waals surface area contributed by atoms with Gasteiger partial charge in [-0.15, -0.1) is 0 Å². The first kappa shape index (κ1) is 12.0. The van der Waals surface area contributed by atoms with Gasteiger partial charge in [0.25, 0.3) is 0 Å². The van der Waals surface area contributed by atoms with Crippen molar-refractivity contribution in [2.45, 2.75) is 30.1 Å². The van der Waals surface area contributed by atoms with Crippen LogP contribution >= 0.6 is 11.8 Å². The van der Waals surface area contributed by atoms with Crippen LogP contribution in [-0.2, 0) is 0 Å². The Hall–Kier alpha value is -1.42. The van der Waals surface area contributed by atoms with Crippen molar-refractivity contribution in [3.8, 4) is 0 Å². The van der Waals surface area contributed by atoms with Gasteiger partial charge in [-0.2, -0.15) is 0 Å². The first-order valence-electron chi connectivity index (χ1n) is 5.71. The van der Waals surface area contributed by atoms with E-state index in [-0.39, 0.29) is 0 Å². The average molecular weight is 248 g/mol. The number of furan rings is 1. The summed E-state index contributed by atoms with van der Waals surface area (Å²) in [5.41, 5.74) is 0. The Morgan fingerprint density at radius 1 is 1.41 bits per heavy atom. The highest BCUT2D eigenvalue weighted by atomic mass is 32.2. The van der Waals surface area contributed by atoms with Gasteiger partial charge >= 0.3 is 0 Å². The smallest absolute Gasteiger partial charge is 0.127 e. The lowest BCUT2D eigenvalue weighted by Crippen LogP contribution is -2.01. The van der Waals surface area contributed by atoms with Gasteiger partial charge in [0.2, 0.25) is 0 Å². The second-order valence-electron chi connectivity index (χ2n) is 3.75. The molecule has 2 aromatic heterocycles. The van der Waals surface area contributed by atoms with E-state index in [0.29, 0.717) is 0 Å². The molecule has 0 aliphatic carbocycles. The van der Waals surface area contributed by atoms with Crippen LogP contribution in [0.4, 0.5) is 5.82 Å². The Balaban J connectivity index is 2.08. The van der Waals surface area contributed by atoms with Gasteiger partial charge in [0, 0.05) is 17.6 Å². The van der Waals surface area contributed by atoms with E-state index in [4.69, 9.17) is 4.42 Å². The number of anilines is 1. The topological polar surface area (TPSA) is 38.1 Å². The normalized spacial score (nSPS) is 10.5. The summed E-state index contributed by atoms with van der Waals surface area (Å²) in [6, 6.07) is 6.06. The van der Waals surface area contributed by atoms with Crippen molar-refractivity contribution in [2.24, 2.45) is 0 Å². The van der Waals surface area contributed by atoms with Gasteiger partial charge in [-0.3, -0.25) is 0 Å². The minimum atomic E-state index is 0.929. The summed E-state index contributed by atoms with van der Waals surface area (Å²) in [7, 11) is 0. The Morgan fingerprint density at radius 2 is 2.29 bits per heavy atom. The molecule has 1 N–H and O–H groups in total. The number of nitrogens with zero attached hydrogens (tertiary/aromatic N) is 1. The number of rotatable bonds is 5. The molecule has 0 bridgehead atoms. The number of hydrogen-bond donors (Lipinski definition) is 1. The van der Waals surface area contributed by atoms with Crippen LogP contribution in [0.3, 0.4) is 0 Å². The van der Waals surface area contributed by atoms with Crippen LogP contribution < -0.4 is 5.32 Å². The zero-order chi connectivity index (χ0) is 12.1. The molecule has 0 radical (unpaired) electrons. The van der Waals surface area contributed by atoms with Gasteiger partial charge in [0.1, 0.15) is 11.6 Å². The maximum atomic E-state index is 5.28. The lowest BCUT2D eigenvalue weighted by molar-refractivity contribution is 0.527. The third kappa shape index (κ3) is 3.27. The fourth-order valence-electron chi connectivity index (χ4n) is 1.43. The largest absolute Gasteiger partial charge is 0.468 e. The van der Waals surface area contributed by atoms with Crippen LogP contribution in [0.2, 0.25) is 0 Å². The summed E-state index contributed by atoms with van der Waals surface area (Å²) in [6.45, 7) is 5.06. The maximum absolute atomic E-state index is 5.28. The van der Waals surface area contributed by atoms with Crippen LogP contribution in [0.5, 0.6) is 0 Å². The van der Waals surface area contributed by atoms with Gasteiger partial charge in [-0.25, -0.2) is 4.98 Å². The molecule has 90 valence electrons. The SMILES string of the molecule is CCCNc1cc(Sc2ccoc2C)ccn1. The molecule has 0 fully saturated rings. The Morgan fingerprint density at radius 3 is 3.00 bits per heavy atom. The summed E-state index contributed by atoms with van der Waals surface area (Å²) < 4.78 is 5.28.